The number of benzene rings is 2. The smallest absolute Gasteiger partial charge is 0.261 e. The summed E-state index contributed by atoms with van der Waals surface area (Å²) in [6, 6.07) is 21.4. The van der Waals surface area contributed by atoms with Gasteiger partial charge < -0.3 is 4.43 Å². The maximum atomic E-state index is 9.05. The maximum Gasteiger partial charge on any atom is 0.261 e. The number of unbranched alkanes of at least 4 members (excludes halogenated alkanes) is 4. The van der Waals surface area contributed by atoms with E-state index in [0.29, 0.717) is 6.61 Å². The Morgan fingerprint density at radius 2 is 1.42 bits per heavy atom. The van der Waals surface area contributed by atoms with Gasteiger partial charge in [-0.05, 0) is 33.8 Å². The van der Waals surface area contributed by atoms with Gasteiger partial charge in [0.15, 0.2) is 0 Å². The molecule has 0 bridgehead atoms. The van der Waals surface area contributed by atoms with Gasteiger partial charge in [0.25, 0.3) is 8.32 Å². The molecule has 168 valence electrons. The molecule has 0 spiro atoms. The van der Waals surface area contributed by atoms with E-state index < -0.39 is 8.32 Å². The monoisotopic (exact) mass is 437 g/mol. The molecule has 0 aliphatic heterocycles. The van der Waals surface area contributed by atoms with Gasteiger partial charge >= 0.3 is 0 Å². The summed E-state index contributed by atoms with van der Waals surface area (Å²) in [5, 5.41) is 6.62. The highest BCUT2D eigenvalue weighted by molar-refractivity contribution is 6.99. The van der Waals surface area contributed by atoms with Crippen LogP contribution in [0.25, 0.3) is 10.4 Å². The zero-order valence-corrected chi connectivity index (χ0v) is 20.8. The molecule has 5 heteroatoms. The molecule has 0 aliphatic rings. The minimum Gasteiger partial charge on any atom is -0.407 e. The highest BCUT2D eigenvalue weighted by Crippen LogP contribution is 2.37. The minimum absolute atomic E-state index is 0.00448. The Bertz CT molecular complexity index is 759. The van der Waals surface area contributed by atoms with Crippen molar-refractivity contribution >= 4 is 18.7 Å². The molecule has 2 aromatic rings. The molecular formula is C26H39N3OSi. The summed E-state index contributed by atoms with van der Waals surface area (Å²) in [5.41, 5.74) is 9.05. The third-order valence-corrected chi connectivity index (χ3v) is 11.1. The van der Waals surface area contributed by atoms with Gasteiger partial charge in [0.05, 0.1) is 0 Å². The molecule has 4 nitrogen and oxygen atoms in total. The Hall–Kier alpha value is -2.07. The van der Waals surface area contributed by atoms with E-state index in [4.69, 9.17) is 9.96 Å². The Morgan fingerprint density at radius 3 is 1.90 bits per heavy atom. The van der Waals surface area contributed by atoms with Crippen molar-refractivity contribution < 1.29 is 4.43 Å². The van der Waals surface area contributed by atoms with Crippen LogP contribution in [0.1, 0.15) is 72.6 Å². The molecule has 0 N–H and O–H groups in total. The topological polar surface area (TPSA) is 58.0 Å². The van der Waals surface area contributed by atoms with Crippen molar-refractivity contribution in [1.82, 2.24) is 0 Å². The summed E-state index contributed by atoms with van der Waals surface area (Å²) in [6.07, 6.45) is 7.82. The van der Waals surface area contributed by atoms with E-state index in [1.807, 2.05) is 0 Å². The third-order valence-electron chi connectivity index (χ3n) is 6.04. The summed E-state index contributed by atoms with van der Waals surface area (Å²) < 4.78 is 6.94. The van der Waals surface area contributed by atoms with E-state index in [-0.39, 0.29) is 11.1 Å². The largest absolute Gasteiger partial charge is 0.407 e. The molecule has 0 aromatic heterocycles. The van der Waals surface area contributed by atoms with E-state index in [9.17, 15) is 0 Å². The average molecular weight is 438 g/mol. The van der Waals surface area contributed by atoms with Crippen molar-refractivity contribution in [3.63, 3.8) is 0 Å². The van der Waals surface area contributed by atoms with Crippen LogP contribution >= 0.6 is 0 Å². The van der Waals surface area contributed by atoms with Crippen LogP contribution in [-0.4, -0.2) is 21.0 Å². The predicted molar refractivity (Wildman–Crippen MR) is 134 cm³/mol. The summed E-state index contributed by atoms with van der Waals surface area (Å²) in [5.74, 6) is 0. The minimum atomic E-state index is -2.52. The van der Waals surface area contributed by atoms with Crippen molar-refractivity contribution in [2.75, 3.05) is 6.61 Å². The second kappa shape index (κ2) is 12.7. The molecule has 0 unspecified atom stereocenters. The molecular weight excluding hydrogens is 398 g/mol. The molecule has 0 radical (unpaired) electrons. The lowest BCUT2D eigenvalue weighted by Crippen LogP contribution is -2.66. The fraction of sp³-hybridized carbons (Fsp3) is 0.538. The Labute approximate surface area is 189 Å². The molecule has 0 aliphatic carbocycles. The first-order chi connectivity index (χ1) is 15.0. The number of nitrogens with zero attached hydrogens (tertiary/aromatic N) is 3. The van der Waals surface area contributed by atoms with Gasteiger partial charge in [-0.3, -0.25) is 0 Å². The maximum absolute atomic E-state index is 9.05. The summed E-state index contributed by atoms with van der Waals surface area (Å²) in [6.45, 7) is 9.70. The van der Waals surface area contributed by atoms with Gasteiger partial charge in [0.2, 0.25) is 0 Å². The lowest BCUT2D eigenvalue weighted by molar-refractivity contribution is 0.276. The zero-order valence-electron chi connectivity index (χ0n) is 19.8. The standard InChI is InChI=1S/C26H39N3OSi/c1-5-6-7-8-11-16-23(28-29-27)21-22-30-31(26(2,3)4,24-17-12-9-13-18-24)25-19-14-10-15-20-25/h9-10,12-15,17-20,23H,5-8,11,16,21-22H2,1-4H3/t23-/m1/s1. The molecule has 0 saturated carbocycles. The van der Waals surface area contributed by atoms with Crippen LogP contribution in [0.2, 0.25) is 5.04 Å². The van der Waals surface area contributed by atoms with E-state index >= 15 is 0 Å². The number of rotatable bonds is 13. The van der Waals surface area contributed by atoms with E-state index in [1.165, 1.54) is 36.1 Å². The van der Waals surface area contributed by atoms with Gasteiger partial charge in [-0.2, -0.15) is 0 Å². The van der Waals surface area contributed by atoms with Crippen LogP contribution in [0.4, 0.5) is 0 Å². The number of hydrogen-bond acceptors (Lipinski definition) is 2. The normalized spacial score (nSPS) is 12.9. The van der Waals surface area contributed by atoms with Gasteiger partial charge in [0.1, 0.15) is 0 Å². The first-order valence-corrected chi connectivity index (χ1v) is 13.7. The molecule has 31 heavy (non-hydrogen) atoms. The molecule has 0 saturated heterocycles. The SMILES string of the molecule is CCCCCCC[C@H](CCO[Si](c1ccccc1)(c1ccccc1)C(C)(C)C)N=[N+]=[N-]. The first kappa shape index (κ1) is 25.2. The molecule has 0 heterocycles. The highest BCUT2D eigenvalue weighted by atomic mass is 28.4. The van der Waals surface area contributed by atoms with E-state index in [1.54, 1.807) is 0 Å². The molecule has 1 atom stereocenters. The van der Waals surface area contributed by atoms with Crippen LogP contribution in [-0.2, 0) is 4.43 Å². The van der Waals surface area contributed by atoms with E-state index in [0.717, 1.165) is 19.3 Å². The van der Waals surface area contributed by atoms with Crippen molar-refractivity contribution in [2.45, 2.75) is 83.7 Å². The predicted octanol–water partition coefficient (Wildman–Crippen LogP) is 6.99. The van der Waals surface area contributed by atoms with Gasteiger partial charge in [-0.25, -0.2) is 0 Å². The number of hydrogen-bond donors (Lipinski definition) is 0. The van der Waals surface area contributed by atoms with Crippen LogP contribution in [0.15, 0.2) is 65.8 Å². The van der Waals surface area contributed by atoms with Crippen molar-refractivity contribution in [2.24, 2.45) is 5.11 Å². The Balaban J connectivity index is 2.21. The first-order valence-electron chi connectivity index (χ1n) is 11.7. The van der Waals surface area contributed by atoms with Crippen molar-refractivity contribution in [3.8, 4) is 0 Å². The second-order valence-electron chi connectivity index (χ2n) is 9.36. The molecule has 2 rings (SSSR count). The van der Waals surface area contributed by atoms with Crippen LogP contribution < -0.4 is 10.4 Å². The van der Waals surface area contributed by atoms with Gasteiger partial charge in [0, 0.05) is 17.6 Å². The third kappa shape index (κ3) is 6.96. The fourth-order valence-corrected chi connectivity index (χ4v) is 9.01. The summed E-state index contributed by atoms with van der Waals surface area (Å²) >= 11 is 0. The second-order valence-corrected chi connectivity index (χ2v) is 13.7. The van der Waals surface area contributed by atoms with Crippen LogP contribution in [0, 0.1) is 0 Å². The fourth-order valence-electron chi connectivity index (χ4n) is 4.43. The lowest BCUT2D eigenvalue weighted by atomic mass is 10.1. The molecule has 0 fully saturated rings. The average Bonchev–Trinajstić information content (AvgIpc) is 2.77. The molecule has 2 aromatic carbocycles. The van der Waals surface area contributed by atoms with Gasteiger partial charge in [-0.15, -0.1) is 0 Å². The van der Waals surface area contributed by atoms with Gasteiger partial charge in [-0.1, -0.05) is 126 Å². The number of azide groups is 1. The quantitative estimate of drug-likeness (QED) is 0.109. The summed E-state index contributed by atoms with van der Waals surface area (Å²) in [7, 11) is -2.52. The Morgan fingerprint density at radius 1 is 0.871 bits per heavy atom. The Kier molecular flexibility index (Phi) is 10.3. The molecule has 0 amide bonds. The zero-order chi connectivity index (χ0) is 22.6. The van der Waals surface area contributed by atoms with E-state index in [2.05, 4.69) is 98.4 Å². The lowest BCUT2D eigenvalue weighted by Gasteiger charge is -2.43. The highest BCUT2D eigenvalue weighted by Gasteiger charge is 2.50. The summed E-state index contributed by atoms with van der Waals surface area (Å²) in [4.78, 5) is 3.11. The van der Waals surface area contributed by atoms with Crippen molar-refractivity contribution in [3.05, 3.63) is 71.1 Å². The van der Waals surface area contributed by atoms with Crippen LogP contribution in [0.3, 0.4) is 0 Å². The van der Waals surface area contributed by atoms with Crippen LogP contribution in [0.5, 0.6) is 0 Å². The van der Waals surface area contributed by atoms with Crippen molar-refractivity contribution in [1.29, 1.82) is 0 Å².